The molecule has 27 heavy (non-hydrogen) atoms. The minimum atomic E-state index is -0.170. The van der Waals surface area contributed by atoms with E-state index in [1.807, 2.05) is 25.1 Å². The Bertz CT molecular complexity index is 808. The van der Waals surface area contributed by atoms with Crippen LogP contribution in [0.25, 0.3) is 0 Å². The van der Waals surface area contributed by atoms with Crippen LogP contribution in [0, 0.1) is 0 Å². The van der Waals surface area contributed by atoms with Gasteiger partial charge in [0.1, 0.15) is 5.75 Å². The van der Waals surface area contributed by atoms with E-state index in [9.17, 15) is 4.79 Å². The van der Waals surface area contributed by atoms with Gasteiger partial charge in [-0.05, 0) is 37.3 Å². The summed E-state index contributed by atoms with van der Waals surface area (Å²) in [6.07, 6.45) is 0. The van der Waals surface area contributed by atoms with Gasteiger partial charge in [-0.3, -0.25) is 4.79 Å². The maximum atomic E-state index is 12.6. The highest BCUT2D eigenvalue weighted by Gasteiger charge is 2.30. The van der Waals surface area contributed by atoms with Gasteiger partial charge >= 0.3 is 0 Å². The number of quaternary nitrogens is 1. The summed E-state index contributed by atoms with van der Waals surface area (Å²) in [6.45, 7) is 5.44. The topological polar surface area (TPSA) is 46.0 Å². The molecule has 1 fully saturated rings. The number of nitrogens with one attached hydrogen (secondary N) is 2. The number of hydrogen-bond acceptors (Lipinski definition) is 3. The number of methoxy groups -OCH3 is 1. The molecule has 2 N–H and O–H groups in total. The molecule has 1 saturated heterocycles. The molecule has 3 rings (SSSR count). The van der Waals surface area contributed by atoms with E-state index in [4.69, 9.17) is 27.9 Å². The Morgan fingerprint density at radius 1 is 1.19 bits per heavy atom. The third kappa shape index (κ3) is 4.67. The number of rotatable bonds is 5. The van der Waals surface area contributed by atoms with Crippen molar-refractivity contribution in [2.45, 2.75) is 13.0 Å². The molecule has 0 saturated carbocycles. The number of nitrogens with zero attached hydrogens (tertiary/aromatic N) is 1. The van der Waals surface area contributed by atoms with E-state index in [-0.39, 0.29) is 11.9 Å². The van der Waals surface area contributed by atoms with Crippen molar-refractivity contribution in [2.75, 3.05) is 43.5 Å². The number of halogens is 2. The van der Waals surface area contributed by atoms with Crippen LogP contribution in [-0.2, 0) is 4.79 Å². The number of hydrogen-bond donors (Lipinski definition) is 2. The normalized spacial score (nSPS) is 16.1. The number of piperazine rings is 1. The summed E-state index contributed by atoms with van der Waals surface area (Å²) < 4.78 is 5.46. The lowest BCUT2D eigenvalue weighted by molar-refractivity contribution is -0.914. The molecule has 0 radical (unpaired) electrons. The van der Waals surface area contributed by atoms with E-state index in [0.29, 0.717) is 15.7 Å². The Hall–Kier alpha value is -1.95. The lowest BCUT2D eigenvalue weighted by atomic mass is 10.2. The number of amides is 1. The minimum Gasteiger partial charge on any atom is -0.495 e. The first-order chi connectivity index (χ1) is 13.0. The highest BCUT2D eigenvalue weighted by Crippen LogP contribution is 2.27. The van der Waals surface area contributed by atoms with E-state index in [2.05, 4.69) is 16.3 Å². The van der Waals surface area contributed by atoms with Gasteiger partial charge < -0.3 is 19.9 Å². The molecule has 1 amide bonds. The van der Waals surface area contributed by atoms with Gasteiger partial charge in [-0.2, -0.15) is 0 Å². The molecule has 0 aromatic heterocycles. The van der Waals surface area contributed by atoms with E-state index in [1.165, 1.54) is 4.90 Å². The van der Waals surface area contributed by atoms with E-state index in [1.54, 1.807) is 25.3 Å². The second-order valence-corrected chi connectivity index (χ2v) is 7.50. The molecule has 0 unspecified atom stereocenters. The first-order valence-electron chi connectivity index (χ1n) is 8.98. The first kappa shape index (κ1) is 19.8. The van der Waals surface area contributed by atoms with Crippen molar-refractivity contribution in [3.8, 4) is 5.75 Å². The molecular weight excluding hydrogens is 385 g/mol. The van der Waals surface area contributed by atoms with Crippen LogP contribution < -0.4 is 19.9 Å². The maximum Gasteiger partial charge on any atom is 0.282 e. The molecule has 2 aromatic rings. The SMILES string of the molecule is COc1ccccc1N1CC[NH+]([C@H](C)C(=O)Nc2ccc(Cl)cc2Cl)CC1. The molecule has 0 bridgehead atoms. The molecule has 0 aliphatic carbocycles. The average Bonchev–Trinajstić information content (AvgIpc) is 2.69. The number of carbonyl (C=O) groups is 1. The summed E-state index contributed by atoms with van der Waals surface area (Å²) in [5.41, 5.74) is 1.69. The van der Waals surface area contributed by atoms with Gasteiger partial charge in [0, 0.05) is 5.02 Å². The number of benzene rings is 2. The quantitative estimate of drug-likeness (QED) is 0.799. The van der Waals surface area contributed by atoms with Crippen molar-refractivity contribution >= 4 is 40.5 Å². The van der Waals surface area contributed by atoms with Crippen molar-refractivity contribution < 1.29 is 14.4 Å². The summed E-state index contributed by atoms with van der Waals surface area (Å²) in [7, 11) is 1.69. The predicted molar refractivity (Wildman–Crippen MR) is 110 cm³/mol. The number of para-hydroxylation sites is 2. The van der Waals surface area contributed by atoms with Crippen LogP contribution in [0.1, 0.15) is 6.92 Å². The van der Waals surface area contributed by atoms with Gasteiger partial charge in [-0.25, -0.2) is 0 Å². The minimum absolute atomic E-state index is 0.0417. The fourth-order valence-corrected chi connectivity index (χ4v) is 3.83. The molecular formula is C20H24Cl2N3O2+. The van der Waals surface area contributed by atoms with Crippen LogP contribution in [-0.4, -0.2) is 45.2 Å². The predicted octanol–water partition coefficient (Wildman–Crippen LogP) is 2.73. The van der Waals surface area contributed by atoms with Crippen LogP contribution in [0.2, 0.25) is 10.0 Å². The second kappa shape index (κ2) is 8.83. The highest BCUT2D eigenvalue weighted by atomic mass is 35.5. The zero-order valence-electron chi connectivity index (χ0n) is 15.5. The van der Waals surface area contributed by atoms with Gasteiger partial charge in [0.25, 0.3) is 5.91 Å². The molecule has 1 aliphatic rings. The maximum absolute atomic E-state index is 12.6. The van der Waals surface area contributed by atoms with Gasteiger partial charge in [0.2, 0.25) is 0 Å². The third-order valence-corrected chi connectivity index (χ3v) is 5.57. The molecule has 1 heterocycles. The molecule has 0 spiro atoms. The average molecular weight is 409 g/mol. The zero-order chi connectivity index (χ0) is 19.4. The standard InChI is InChI=1S/C20H23Cl2N3O2/c1-14(20(26)23-17-8-7-15(21)13-16(17)22)24-9-11-25(12-10-24)18-5-3-4-6-19(18)27-2/h3-8,13-14H,9-12H2,1-2H3,(H,23,26)/p+1/t14-/m1/s1. The Kier molecular flexibility index (Phi) is 6.47. The summed E-state index contributed by atoms with van der Waals surface area (Å²) in [6, 6.07) is 12.9. The molecule has 1 aliphatic heterocycles. The zero-order valence-corrected chi connectivity index (χ0v) is 17.0. The molecule has 2 aromatic carbocycles. The monoisotopic (exact) mass is 408 g/mol. The Morgan fingerprint density at radius 2 is 1.89 bits per heavy atom. The first-order valence-corrected chi connectivity index (χ1v) is 9.73. The van der Waals surface area contributed by atoms with Crippen LogP contribution in [0.5, 0.6) is 5.75 Å². The van der Waals surface area contributed by atoms with E-state index < -0.39 is 0 Å². The third-order valence-electron chi connectivity index (χ3n) is 5.03. The van der Waals surface area contributed by atoms with E-state index in [0.717, 1.165) is 37.6 Å². The molecule has 7 heteroatoms. The summed E-state index contributed by atoms with van der Waals surface area (Å²) in [5, 5.41) is 3.90. The number of ether oxygens (including phenoxy) is 1. The molecule has 5 nitrogen and oxygen atoms in total. The lowest BCUT2D eigenvalue weighted by Crippen LogP contribution is -3.19. The highest BCUT2D eigenvalue weighted by molar-refractivity contribution is 6.36. The lowest BCUT2D eigenvalue weighted by Gasteiger charge is -2.36. The summed E-state index contributed by atoms with van der Waals surface area (Å²) in [5.74, 6) is 0.837. The largest absolute Gasteiger partial charge is 0.495 e. The Morgan fingerprint density at radius 3 is 2.56 bits per heavy atom. The smallest absolute Gasteiger partial charge is 0.282 e. The van der Waals surface area contributed by atoms with Crippen molar-refractivity contribution in [1.82, 2.24) is 0 Å². The van der Waals surface area contributed by atoms with Gasteiger partial charge in [-0.1, -0.05) is 35.3 Å². The molecule has 1 atom stereocenters. The van der Waals surface area contributed by atoms with Crippen molar-refractivity contribution in [3.63, 3.8) is 0 Å². The summed E-state index contributed by atoms with van der Waals surface area (Å²) >= 11 is 12.1. The van der Waals surface area contributed by atoms with Gasteiger partial charge in [0.05, 0.1) is 49.7 Å². The van der Waals surface area contributed by atoms with Crippen LogP contribution in [0.3, 0.4) is 0 Å². The fourth-order valence-electron chi connectivity index (χ4n) is 3.38. The second-order valence-electron chi connectivity index (χ2n) is 6.65. The van der Waals surface area contributed by atoms with Crippen molar-refractivity contribution in [3.05, 3.63) is 52.5 Å². The van der Waals surface area contributed by atoms with Gasteiger partial charge in [-0.15, -0.1) is 0 Å². The van der Waals surface area contributed by atoms with Crippen molar-refractivity contribution in [1.29, 1.82) is 0 Å². The van der Waals surface area contributed by atoms with Crippen LogP contribution in [0.15, 0.2) is 42.5 Å². The van der Waals surface area contributed by atoms with Crippen LogP contribution >= 0.6 is 23.2 Å². The Labute approximate surface area is 169 Å². The van der Waals surface area contributed by atoms with Gasteiger partial charge in [0.15, 0.2) is 6.04 Å². The number of anilines is 2. The Balaban J connectivity index is 1.59. The van der Waals surface area contributed by atoms with Crippen molar-refractivity contribution in [2.24, 2.45) is 0 Å². The summed E-state index contributed by atoms with van der Waals surface area (Å²) in [4.78, 5) is 16.2. The number of carbonyl (C=O) groups excluding carboxylic acids is 1. The van der Waals surface area contributed by atoms with E-state index >= 15 is 0 Å². The molecule has 144 valence electrons. The van der Waals surface area contributed by atoms with Crippen LogP contribution in [0.4, 0.5) is 11.4 Å². The fraction of sp³-hybridized carbons (Fsp3) is 0.350.